The summed E-state index contributed by atoms with van der Waals surface area (Å²) < 4.78 is 5.02. The zero-order valence-corrected chi connectivity index (χ0v) is 10.8. The topological polar surface area (TPSA) is 64.1 Å². The molecule has 2 aliphatic rings. The third-order valence-corrected chi connectivity index (χ3v) is 3.75. The Morgan fingerprint density at radius 1 is 1.25 bits per heavy atom. The second-order valence-electron chi connectivity index (χ2n) is 5.04. The van der Waals surface area contributed by atoms with E-state index in [1.807, 2.05) is 18.3 Å². The van der Waals surface area contributed by atoms with Gasteiger partial charge in [0.05, 0.1) is 11.3 Å². The zero-order chi connectivity index (χ0) is 13.5. The van der Waals surface area contributed by atoms with Gasteiger partial charge < -0.3 is 10.1 Å². The van der Waals surface area contributed by atoms with Crippen LogP contribution < -0.4 is 5.32 Å². The molecular formula is C15H13N3O2. The molecule has 1 N–H and O–H groups in total. The fourth-order valence-electron chi connectivity index (χ4n) is 2.65. The maximum atomic E-state index is 11.4. The summed E-state index contributed by atoms with van der Waals surface area (Å²) in [5.41, 5.74) is 4.77. The van der Waals surface area contributed by atoms with Crippen LogP contribution in [0.5, 0.6) is 0 Å². The van der Waals surface area contributed by atoms with E-state index in [4.69, 9.17) is 4.74 Å². The van der Waals surface area contributed by atoms with Crippen molar-refractivity contribution in [3.8, 4) is 11.4 Å². The Hall–Kier alpha value is -2.27. The Balaban J connectivity index is 1.76. The highest BCUT2D eigenvalue weighted by Crippen LogP contribution is 2.25. The van der Waals surface area contributed by atoms with Gasteiger partial charge >= 0.3 is 5.97 Å². The molecule has 0 saturated carbocycles. The number of rotatable bonds is 1. The van der Waals surface area contributed by atoms with E-state index in [2.05, 4.69) is 15.3 Å². The SMILES string of the molecule is O=C1OCc2cc(-c3ncc4c(n3)CCNC4)ccc21. The van der Waals surface area contributed by atoms with E-state index in [1.165, 1.54) is 5.56 Å². The molecule has 1 aromatic heterocycles. The fraction of sp³-hybridized carbons (Fsp3) is 0.267. The van der Waals surface area contributed by atoms with Gasteiger partial charge in [-0.05, 0) is 12.1 Å². The standard InChI is InChI=1S/C15H13N3O2/c19-15-12-2-1-9(5-10(12)8-20-15)14-17-7-11-6-16-4-3-13(11)18-14/h1-2,5,7,16H,3-4,6,8H2. The van der Waals surface area contributed by atoms with Crippen LogP contribution in [0.15, 0.2) is 24.4 Å². The number of carbonyl (C=O) groups excluding carboxylic acids is 1. The molecule has 1 aromatic carbocycles. The zero-order valence-electron chi connectivity index (χ0n) is 10.8. The molecule has 2 aromatic rings. The highest BCUT2D eigenvalue weighted by Gasteiger charge is 2.22. The Bertz CT molecular complexity index is 712. The predicted molar refractivity (Wildman–Crippen MR) is 72.0 cm³/mol. The van der Waals surface area contributed by atoms with E-state index in [9.17, 15) is 4.79 Å². The number of aromatic nitrogens is 2. The van der Waals surface area contributed by atoms with E-state index in [-0.39, 0.29) is 5.97 Å². The molecule has 3 heterocycles. The molecule has 4 rings (SSSR count). The number of benzene rings is 1. The number of hydrogen-bond donors (Lipinski definition) is 1. The smallest absolute Gasteiger partial charge is 0.338 e. The summed E-state index contributed by atoms with van der Waals surface area (Å²) in [6.07, 6.45) is 2.82. The first kappa shape index (κ1) is 11.5. The number of ether oxygens (including phenoxy) is 1. The van der Waals surface area contributed by atoms with Crippen molar-refractivity contribution in [3.63, 3.8) is 0 Å². The second kappa shape index (κ2) is 4.38. The number of nitrogens with one attached hydrogen (secondary N) is 1. The van der Waals surface area contributed by atoms with Gasteiger partial charge in [0.1, 0.15) is 6.61 Å². The quantitative estimate of drug-likeness (QED) is 0.792. The molecule has 100 valence electrons. The van der Waals surface area contributed by atoms with Crippen molar-refractivity contribution in [1.82, 2.24) is 15.3 Å². The Labute approximate surface area is 116 Å². The summed E-state index contributed by atoms with van der Waals surface area (Å²) in [6, 6.07) is 5.63. The van der Waals surface area contributed by atoms with Gasteiger partial charge in [0.15, 0.2) is 5.82 Å². The van der Waals surface area contributed by atoms with E-state index in [1.54, 1.807) is 6.07 Å². The maximum absolute atomic E-state index is 11.4. The van der Waals surface area contributed by atoms with Crippen molar-refractivity contribution in [2.45, 2.75) is 19.6 Å². The molecule has 0 atom stereocenters. The van der Waals surface area contributed by atoms with Gasteiger partial charge in [-0.1, -0.05) is 6.07 Å². The van der Waals surface area contributed by atoms with Crippen LogP contribution in [-0.2, 0) is 24.3 Å². The number of cyclic esters (lactones) is 1. The first-order chi connectivity index (χ1) is 9.81. The summed E-state index contributed by atoms with van der Waals surface area (Å²) >= 11 is 0. The average molecular weight is 267 g/mol. The van der Waals surface area contributed by atoms with E-state index in [0.29, 0.717) is 18.0 Å². The van der Waals surface area contributed by atoms with E-state index in [0.717, 1.165) is 36.3 Å². The highest BCUT2D eigenvalue weighted by atomic mass is 16.5. The number of carbonyl (C=O) groups is 1. The molecule has 2 aliphatic heterocycles. The highest BCUT2D eigenvalue weighted by molar-refractivity contribution is 5.94. The summed E-state index contributed by atoms with van der Waals surface area (Å²) in [7, 11) is 0. The third kappa shape index (κ3) is 1.78. The molecule has 0 saturated heterocycles. The normalized spacial score (nSPS) is 16.5. The van der Waals surface area contributed by atoms with Crippen molar-refractivity contribution in [2.75, 3.05) is 6.54 Å². The van der Waals surface area contributed by atoms with E-state index < -0.39 is 0 Å². The lowest BCUT2D eigenvalue weighted by molar-refractivity contribution is 0.0535. The van der Waals surface area contributed by atoms with Crippen LogP contribution in [0.1, 0.15) is 27.2 Å². The van der Waals surface area contributed by atoms with Gasteiger partial charge in [-0.3, -0.25) is 0 Å². The summed E-state index contributed by atoms with van der Waals surface area (Å²) in [4.78, 5) is 20.5. The van der Waals surface area contributed by atoms with Crippen LogP contribution in [0, 0.1) is 0 Å². The first-order valence-electron chi connectivity index (χ1n) is 6.67. The van der Waals surface area contributed by atoms with E-state index >= 15 is 0 Å². The molecule has 5 nitrogen and oxygen atoms in total. The Morgan fingerprint density at radius 3 is 3.15 bits per heavy atom. The van der Waals surface area contributed by atoms with Crippen LogP contribution in [0.2, 0.25) is 0 Å². The minimum absolute atomic E-state index is 0.246. The number of hydrogen-bond acceptors (Lipinski definition) is 5. The lowest BCUT2D eigenvalue weighted by Crippen LogP contribution is -2.24. The lowest BCUT2D eigenvalue weighted by atomic mass is 10.0. The average Bonchev–Trinajstić information content (AvgIpc) is 2.88. The molecule has 0 fully saturated rings. The molecule has 0 unspecified atom stereocenters. The second-order valence-corrected chi connectivity index (χ2v) is 5.04. The summed E-state index contributed by atoms with van der Waals surface area (Å²) in [5.74, 6) is 0.469. The predicted octanol–water partition coefficient (Wildman–Crippen LogP) is 1.46. The largest absolute Gasteiger partial charge is 0.457 e. The van der Waals surface area contributed by atoms with Crippen molar-refractivity contribution < 1.29 is 9.53 Å². The molecule has 0 amide bonds. The maximum Gasteiger partial charge on any atom is 0.338 e. The first-order valence-corrected chi connectivity index (χ1v) is 6.67. The van der Waals surface area contributed by atoms with Gasteiger partial charge in [0, 0.05) is 42.4 Å². The molecule has 0 aliphatic carbocycles. The van der Waals surface area contributed by atoms with Crippen molar-refractivity contribution in [2.24, 2.45) is 0 Å². The number of nitrogens with zero attached hydrogens (tertiary/aromatic N) is 2. The molecule has 20 heavy (non-hydrogen) atoms. The number of fused-ring (bicyclic) bond motifs is 2. The van der Waals surface area contributed by atoms with Gasteiger partial charge in [0.2, 0.25) is 0 Å². The van der Waals surface area contributed by atoms with Crippen molar-refractivity contribution in [1.29, 1.82) is 0 Å². The lowest BCUT2D eigenvalue weighted by Gasteiger charge is -2.16. The Kier molecular flexibility index (Phi) is 2.53. The van der Waals surface area contributed by atoms with Gasteiger partial charge in [-0.2, -0.15) is 0 Å². The molecule has 0 bridgehead atoms. The van der Waals surface area contributed by atoms with Gasteiger partial charge in [-0.25, -0.2) is 14.8 Å². The minimum atomic E-state index is -0.246. The Morgan fingerprint density at radius 2 is 2.20 bits per heavy atom. The summed E-state index contributed by atoms with van der Waals surface area (Å²) in [5, 5.41) is 3.30. The minimum Gasteiger partial charge on any atom is -0.457 e. The van der Waals surface area contributed by atoms with Crippen molar-refractivity contribution >= 4 is 5.97 Å². The molecular weight excluding hydrogens is 254 g/mol. The van der Waals surface area contributed by atoms with Crippen molar-refractivity contribution in [3.05, 3.63) is 46.8 Å². The van der Waals surface area contributed by atoms with Crippen LogP contribution in [0.3, 0.4) is 0 Å². The van der Waals surface area contributed by atoms with Crippen LogP contribution in [0.25, 0.3) is 11.4 Å². The monoisotopic (exact) mass is 267 g/mol. The van der Waals surface area contributed by atoms with Gasteiger partial charge in [-0.15, -0.1) is 0 Å². The molecule has 0 radical (unpaired) electrons. The van der Waals surface area contributed by atoms with Crippen LogP contribution in [0.4, 0.5) is 0 Å². The molecule has 5 heteroatoms. The third-order valence-electron chi connectivity index (χ3n) is 3.75. The number of esters is 1. The molecule has 0 spiro atoms. The summed E-state index contributed by atoms with van der Waals surface area (Å²) in [6.45, 7) is 2.13. The fourth-order valence-corrected chi connectivity index (χ4v) is 2.65. The van der Waals surface area contributed by atoms with Gasteiger partial charge in [0.25, 0.3) is 0 Å². The van der Waals surface area contributed by atoms with Crippen LogP contribution >= 0.6 is 0 Å². The van der Waals surface area contributed by atoms with Crippen LogP contribution in [-0.4, -0.2) is 22.5 Å².